The second-order valence-electron chi connectivity index (χ2n) is 5.58. The number of hydrogen-bond acceptors (Lipinski definition) is 8. The van der Waals surface area contributed by atoms with Gasteiger partial charge >= 0.3 is 0 Å². The Hall–Kier alpha value is -2.34. The van der Waals surface area contributed by atoms with E-state index in [1.807, 2.05) is 0 Å². The maximum absolute atomic E-state index is 12.9. The lowest BCUT2D eigenvalue weighted by Gasteiger charge is -2.16. The van der Waals surface area contributed by atoms with Crippen LogP contribution in [0, 0.1) is 0 Å². The highest BCUT2D eigenvalue weighted by Gasteiger charge is 2.28. The zero-order valence-corrected chi connectivity index (χ0v) is 17.3. The number of thiophene rings is 1. The van der Waals surface area contributed by atoms with Gasteiger partial charge in [-0.1, -0.05) is 35.9 Å². The average Bonchev–Trinajstić information content (AvgIpc) is 3.28. The lowest BCUT2D eigenvalue weighted by molar-refractivity contribution is 0.104. The van der Waals surface area contributed by atoms with Gasteiger partial charge in [0.2, 0.25) is 10.9 Å². The van der Waals surface area contributed by atoms with E-state index in [2.05, 4.69) is 19.9 Å². The van der Waals surface area contributed by atoms with E-state index in [0.29, 0.717) is 20.6 Å². The second kappa shape index (κ2) is 7.24. The molecular formula is C16H10ClN5O3S3. The number of carbonyl (C=O) groups excluding carboxylic acids is 1. The third-order valence-electron chi connectivity index (χ3n) is 3.74. The van der Waals surface area contributed by atoms with Gasteiger partial charge in [-0.25, -0.2) is 4.68 Å². The molecule has 0 bridgehead atoms. The third kappa shape index (κ3) is 3.53. The summed E-state index contributed by atoms with van der Waals surface area (Å²) >= 11 is 7.81. The van der Waals surface area contributed by atoms with Gasteiger partial charge in [0.15, 0.2) is 0 Å². The monoisotopic (exact) mass is 451 g/mol. The van der Waals surface area contributed by atoms with Crippen LogP contribution in [-0.4, -0.2) is 40.1 Å². The van der Waals surface area contributed by atoms with Crippen molar-refractivity contribution in [2.45, 2.75) is 9.37 Å². The molecule has 0 unspecified atom stereocenters. The lowest BCUT2D eigenvalue weighted by atomic mass is 9.94. The number of aromatic nitrogens is 4. The molecule has 8 nitrogen and oxygen atoms in total. The fourth-order valence-electron chi connectivity index (χ4n) is 2.47. The molecular weight excluding hydrogens is 442 g/mol. The summed E-state index contributed by atoms with van der Waals surface area (Å²) in [7, 11) is -2.34. The highest BCUT2D eigenvalue weighted by Crippen LogP contribution is 2.33. The summed E-state index contributed by atoms with van der Waals surface area (Å²) in [6, 6.07) is 9.61. The van der Waals surface area contributed by atoms with E-state index in [9.17, 15) is 13.2 Å². The minimum Gasteiger partial charge on any atom is -0.288 e. The number of thioether (sulfide) groups is 1. The number of sulfonamides is 1. The summed E-state index contributed by atoms with van der Waals surface area (Å²) in [5, 5.41) is 11.5. The first kappa shape index (κ1) is 19.0. The van der Waals surface area contributed by atoms with Gasteiger partial charge in [-0.05, 0) is 40.4 Å². The first-order chi connectivity index (χ1) is 13.3. The predicted octanol–water partition coefficient (Wildman–Crippen LogP) is 2.98. The lowest BCUT2D eigenvalue weighted by Crippen LogP contribution is -2.17. The average molecular weight is 452 g/mol. The Labute approximate surface area is 173 Å². The fourth-order valence-corrected chi connectivity index (χ4v) is 5.75. The maximum atomic E-state index is 12.9. The van der Waals surface area contributed by atoms with Crippen molar-refractivity contribution in [2.24, 2.45) is 11.4 Å². The number of nitrogens with zero attached hydrogens (tertiary/aromatic N) is 5. The molecule has 1 aliphatic carbocycles. The van der Waals surface area contributed by atoms with E-state index in [4.69, 9.17) is 11.6 Å². The number of fused-ring (bicyclic) bond motifs is 1. The van der Waals surface area contributed by atoms with E-state index in [1.165, 1.54) is 22.9 Å². The number of halogens is 1. The van der Waals surface area contributed by atoms with Crippen LogP contribution in [0.2, 0.25) is 4.34 Å². The number of rotatable bonds is 4. The van der Waals surface area contributed by atoms with E-state index in [-0.39, 0.29) is 20.6 Å². The Bertz CT molecular complexity index is 1260. The van der Waals surface area contributed by atoms with Crippen molar-refractivity contribution >= 4 is 56.2 Å². The van der Waals surface area contributed by atoms with Crippen molar-refractivity contribution in [3.63, 3.8) is 0 Å². The highest BCUT2D eigenvalue weighted by molar-refractivity contribution is 8.04. The zero-order chi connectivity index (χ0) is 19.9. The van der Waals surface area contributed by atoms with Crippen LogP contribution in [0.4, 0.5) is 0 Å². The molecule has 1 aliphatic rings. The molecule has 0 amide bonds. The Morgan fingerprint density at radius 1 is 1.18 bits per heavy atom. The molecule has 0 spiro atoms. The maximum Gasteiger partial charge on any atom is 0.292 e. The van der Waals surface area contributed by atoms with Crippen LogP contribution < -0.4 is 0 Å². The van der Waals surface area contributed by atoms with Crippen molar-refractivity contribution in [1.82, 2.24) is 20.2 Å². The predicted molar refractivity (Wildman–Crippen MR) is 107 cm³/mol. The number of tetrazole rings is 1. The van der Waals surface area contributed by atoms with Gasteiger partial charge in [0, 0.05) is 18.2 Å². The van der Waals surface area contributed by atoms with Gasteiger partial charge in [0.25, 0.3) is 10.0 Å². The van der Waals surface area contributed by atoms with Gasteiger partial charge in [0.1, 0.15) is 4.21 Å². The largest absolute Gasteiger partial charge is 0.292 e. The Morgan fingerprint density at radius 2 is 1.93 bits per heavy atom. The molecule has 0 atom stereocenters. The molecule has 12 heteroatoms. The molecule has 2 heterocycles. The van der Waals surface area contributed by atoms with Crippen molar-refractivity contribution in [3.8, 4) is 0 Å². The Morgan fingerprint density at radius 3 is 2.57 bits per heavy atom. The summed E-state index contributed by atoms with van der Waals surface area (Å²) in [6.45, 7) is 0. The molecule has 4 rings (SSSR count). The number of allylic oxidation sites excluding steroid dienone is 2. The molecule has 0 N–H and O–H groups in total. The fraction of sp³-hybridized carbons (Fsp3) is 0.0625. The van der Waals surface area contributed by atoms with Gasteiger partial charge < -0.3 is 0 Å². The molecule has 0 fully saturated rings. The summed E-state index contributed by atoms with van der Waals surface area (Å²) in [4.78, 5) is 13.1. The van der Waals surface area contributed by atoms with Crippen LogP contribution >= 0.6 is 34.7 Å². The van der Waals surface area contributed by atoms with Crippen molar-refractivity contribution in [2.75, 3.05) is 0 Å². The summed E-state index contributed by atoms with van der Waals surface area (Å²) in [5.41, 5.74) is 0.970. The number of benzene rings is 1. The SMILES string of the molecule is Cn1nnnc1SC1=CC(=NS(=O)(=O)c2ccc(Cl)s2)c2ccccc2C1=O. The smallest absolute Gasteiger partial charge is 0.288 e. The Balaban J connectivity index is 1.83. The number of carbonyl (C=O) groups is 1. The number of aryl methyl sites for hydroxylation is 1. The zero-order valence-electron chi connectivity index (χ0n) is 14.1. The van der Waals surface area contributed by atoms with Gasteiger partial charge in [0.05, 0.1) is 15.0 Å². The molecule has 0 saturated carbocycles. The highest BCUT2D eigenvalue weighted by atomic mass is 35.5. The van der Waals surface area contributed by atoms with E-state index in [0.717, 1.165) is 23.1 Å². The number of Topliss-reactive ketones (excluding diaryl/α,β-unsaturated/α-hetero) is 1. The Kier molecular flexibility index (Phi) is 4.91. The van der Waals surface area contributed by atoms with Crippen LogP contribution in [0.1, 0.15) is 15.9 Å². The second-order valence-corrected chi connectivity index (χ2v) is 10.1. The van der Waals surface area contributed by atoms with Crippen LogP contribution in [0.5, 0.6) is 0 Å². The first-order valence-electron chi connectivity index (χ1n) is 7.71. The topological polar surface area (TPSA) is 107 Å². The van der Waals surface area contributed by atoms with E-state index >= 15 is 0 Å². The minimum absolute atomic E-state index is 0.0273. The molecule has 0 saturated heterocycles. The molecule has 28 heavy (non-hydrogen) atoms. The molecule has 142 valence electrons. The molecule has 0 aliphatic heterocycles. The van der Waals surface area contributed by atoms with Crippen LogP contribution in [0.15, 0.2) is 61.1 Å². The third-order valence-corrected chi connectivity index (χ3v) is 7.78. The normalized spacial score (nSPS) is 15.6. The first-order valence-corrected chi connectivity index (χ1v) is 11.2. The van der Waals surface area contributed by atoms with Gasteiger partial charge in [-0.2, -0.15) is 12.8 Å². The molecule has 2 aromatic heterocycles. The van der Waals surface area contributed by atoms with Crippen molar-refractivity contribution in [3.05, 3.63) is 62.8 Å². The summed E-state index contributed by atoms with van der Waals surface area (Å²) < 4.78 is 31.1. The van der Waals surface area contributed by atoms with Gasteiger partial charge in [-0.3, -0.25) is 4.79 Å². The molecule has 0 radical (unpaired) electrons. The number of ketones is 1. The quantitative estimate of drug-likeness (QED) is 0.600. The van der Waals surface area contributed by atoms with Crippen LogP contribution in [0.25, 0.3) is 0 Å². The molecule has 1 aromatic carbocycles. The summed E-state index contributed by atoms with van der Waals surface area (Å²) in [6.07, 6.45) is 1.44. The van der Waals surface area contributed by atoms with Crippen LogP contribution in [-0.2, 0) is 17.1 Å². The summed E-state index contributed by atoms with van der Waals surface area (Å²) in [5.74, 6) is -0.251. The van der Waals surface area contributed by atoms with Gasteiger partial charge in [-0.15, -0.1) is 16.4 Å². The van der Waals surface area contributed by atoms with E-state index in [1.54, 1.807) is 31.3 Å². The number of hydrogen-bond donors (Lipinski definition) is 0. The van der Waals surface area contributed by atoms with Crippen LogP contribution in [0.3, 0.4) is 0 Å². The molecule has 3 aromatic rings. The standard InChI is InChI=1S/C16H10ClN5O3S3/c1-22-16(18-20-21-22)26-12-8-11(9-4-2-3-5-10(9)15(12)23)19-28(24,25)14-7-6-13(17)27-14/h2-8H,1H3. The van der Waals surface area contributed by atoms with Crippen molar-refractivity contribution in [1.29, 1.82) is 0 Å². The van der Waals surface area contributed by atoms with Crippen molar-refractivity contribution < 1.29 is 13.2 Å². The van der Waals surface area contributed by atoms with E-state index < -0.39 is 10.0 Å². The minimum atomic E-state index is -3.98.